The fraction of sp³-hybridized carbons (Fsp3) is 0.208. The zero-order valence-electron chi connectivity index (χ0n) is 17.0. The first-order valence-corrected chi connectivity index (χ1v) is 10.7. The lowest BCUT2D eigenvalue weighted by Crippen LogP contribution is -2.13. The number of hydrogen-bond donors (Lipinski definition) is 1. The van der Waals surface area contributed by atoms with Crippen LogP contribution in [0.3, 0.4) is 0 Å². The number of ether oxygens (including phenoxy) is 1. The minimum absolute atomic E-state index is 0.108. The van der Waals surface area contributed by atoms with Gasteiger partial charge in [-0.1, -0.05) is 42.0 Å². The third-order valence-electron chi connectivity index (χ3n) is 4.36. The molecule has 0 saturated heterocycles. The highest BCUT2D eigenvalue weighted by Crippen LogP contribution is 2.27. The first-order chi connectivity index (χ1) is 14.6. The minimum Gasteiger partial charge on any atom is -0.492 e. The predicted octanol–water partition coefficient (Wildman–Crippen LogP) is 5.45. The maximum Gasteiger partial charge on any atom is 0.225 e. The van der Waals surface area contributed by atoms with Crippen molar-refractivity contribution < 1.29 is 9.53 Å². The Labute approximate surface area is 181 Å². The van der Waals surface area contributed by atoms with E-state index in [4.69, 9.17) is 4.74 Å². The number of anilines is 1. The molecule has 0 atom stereocenters. The summed E-state index contributed by atoms with van der Waals surface area (Å²) in [4.78, 5) is 17.0. The number of nitrogens with zero attached hydrogens (tertiary/aromatic N) is 2. The van der Waals surface area contributed by atoms with Crippen molar-refractivity contribution in [1.82, 2.24) is 4.98 Å². The summed E-state index contributed by atoms with van der Waals surface area (Å²) in [5.74, 6) is 1.06. The summed E-state index contributed by atoms with van der Waals surface area (Å²) in [5, 5.41) is 12.9. The first kappa shape index (κ1) is 21.4. The molecule has 0 radical (unpaired) electrons. The fourth-order valence-electron chi connectivity index (χ4n) is 2.83. The predicted molar refractivity (Wildman–Crippen MR) is 121 cm³/mol. The van der Waals surface area contributed by atoms with E-state index in [0.717, 1.165) is 11.3 Å². The number of hydrogen-bond acceptors (Lipinski definition) is 5. The smallest absolute Gasteiger partial charge is 0.225 e. The summed E-state index contributed by atoms with van der Waals surface area (Å²) in [7, 11) is 0. The highest BCUT2D eigenvalue weighted by Gasteiger charge is 2.11. The van der Waals surface area contributed by atoms with E-state index in [1.807, 2.05) is 68.4 Å². The lowest BCUT2D eigenvalue weighted by molar-refractivity contribution is -0.115. The van der Waals surface area contributed by atoms with Gasteiger partial charge in [-0.2, -0.15) is 5.26 Å². The molecule has 3 rings (SSSR count). The van der Waals surface area contributed by atoms with Gasteiger partial charge in [0, 0.05) is 17.7 Å². The van der Waals surface area contributed by atoms with Gasteiger partial charge in [-0.25, -0.2) is 4.98 Å². The van der Waals surface area contributed by atoms with Crippen molar-refractivity contribution in [2.45, 2.75) is 25.3 Å². The molecule has 0 aliphatic heterocycles. The second kappa shape index (κ2) is 10.5. The van der Waals surface area contributed by atoms with Gasteiger partial charge in [-0.15, -0.1) is 11.8 Å². The molecule has 0 saturated carbocycles. The lowest BCUT2D eigenvalue weighted by atomic mass is 10.1. The molecule has 2 aromatic carbocycles. The molecule has 0 aliphatic rings. The molecule has 30 heavy (non-hydrogen) atoms. The van der Waals surface area contributed by atoms with Gasteiger partial charge in [0.15, 0.2) is 0 Å². The maximum absolute atomic E-state index is 12.4. The molecule has 0 spiro atoms. The van der Waals surface area contributed by atoms with Crippen LogP contribution in [0.1, 0.15) is 24.5 Å². The summed E-state index contributed by atoms with van der Waals surface area (Å²) >= 11 is 1.41. The van der Waals surface area contributed by atoms with Crippen molar-refractivity contribution >= 4 is 23.4 Å². The molecule has 0 unspecified atom stereocenters. The Morgan fingerprint density at radius 3 is 2.63 bits per heavy atom. The van der Waals surface area contributed by atoms with Crippen molar-refractivity contribution in [3.8, 4) is 23.1 Å². The lowest BCUT2D eigenvalue weighted by Gasteiger charge is -2.11. The molecular weight excluding hydrogens is 394 g/mol. The fourth-order valence-corrected chi connectivity index (χ4v) is 3.74. The van der Waals surface area contributed by atoms with Crippen LogP contribution in [0.4, 0.5) is 5.69 Å². The number of carbonyl (C=O) groups excluding carboxylic acids is 1. The van der Waals surface area contributed by atoms with Gasteiger partial charge in [0.1, 0.15) is 16.8 Å². The van der Waals surface area contributed by atoms with Gasteiger partial charge >= 0.3 is 0 Å². The monoisotopic (exact) mass is 417 g/mol. The van der Waals surface area contributed by atoms with E-state index in [-0.39, 0.29) is 5.91 Å². The SMILES string of the molecule is CCOc1ccccc1NC(=O)CCSc1nc(-c2ccc(C)cc2)ccc1C#N. The Kier molecular flexibility index (Phi) is 7.47. The Morgan fingerprint density at radius 2 is 1.90 bits per heavy atom. The second-order valence-electron chi connectivity index (χ2n) is 6.60. The number of para-hydroxylation sites is 2. The van der Waals surface area contributed by atoms with Gasteiger partial charge in [0.2, 0.25) is 5.91 Å². The van der Waals surface area contributed by atoms with Crippen LogP contribution >= 0.6 is 11.8 Å². The Morgan fingerprint density at radius 1 is 1.13 bits per heavy atom. The molecular formula is C24H23N3O2S. The normalized spacial score (nSPS) is 10.3. The van der Waals surface area contributed by atoms with Crippen LogP contribution in [0, 0.1) is 18.3 Å². The number of benzene rings is 2. The standard InChI is InChI=1S/C24H23N3O2S/c1-3-29-22-7-5-4-6-21(22)26-23(28)14-15-30-24-19(16-25)12-13-20(27-24)18-10-8-17(2)9-11-18/h4-13H,3,14-15H2,1-2H3,(H,26,28). The van der Waals surface area contributed by atoms with Crippen LogP contribution < -0.4 is 10.1 Å². The van der Waals surface area contributed by atoms with Crippen LogP contribution in [-0.4, -0.2) is 23.3 Å². The van der Waals surface area contributed by atoms with Crippen LogP contribution in [0.5, 0.6) is 5.75 Å². The molecule has 1 heterocycles. The number of nitriles is 1. The highest BCUT2D eigenvalue weighted by molar-refractivity contribution is 7.99. The zero-order valence-corrected chi connectivity index (χ0v) is 17.8. The summed E-state index contributed by atoms with van der Waals surface area (Å²) in [5.41, 5.74) is 4.16. The summed E-state index contributed by atoms with van der Waals surface area (Å²) < 4.78 is 5.54. The van der Waals surface area contributed by atoms with E-state index >= 15 is 0 Å². The van der Waals surface area contributed by atoms with Crippen molar-refractivity contribution in [3.63, 3.8) is 0 Å². The Balaban J connectivity index is 1.64. The number of rotatable bonds is 8. The minimum atomic E-state index is -0.108. The molecule has 6 heteroatoms. The van der Waals surface area contributed by atoms with Gasteiger partial charge in [0.25, 0.3) is 0 Å². The summed E-state index contributed by atoms with van der Waals surface area (Å²) in [6.07, 6.45) is 0.298. The molecule has 0 aliphatic carbocycles. The van der Waals surface area contributed by atoms with Crippen LogP contribution in [0.15, 0.2) is 65.7 Å². The van der Waals surface area contributed by atoms with Crippen LogP contribution in [0.25, 0.3) is 11.3 Å². The molecule has 5 nitrogen and oxygen atoms in total. The van der Waals surface area contributed by atoms with E-state index in [2.05, 4.69) is 16.4 Å². The van der Waals surface area contributed by atoms with E-state index < -0.39 is 0 Å². The van der Waals surface area contributed by atoms with E-state index in [0.29, 0.717) is 40.8 Å². The number of carbonyl (C=O) groups is 1. The highest BCUT2D eigenvalue weighted by atomic mass is 32.2. The van der Waals surface area contributed by atoms with E-state index in [9.17, 15) is 10.1 Å². The third-order valence-corrected chi connectivity index (χ3v) is 5.35. The maximum atomic E-state index is 12.4. The molecule has 1 aromatic heterocycles. The van der Waals surface area contributed by atoms with Crippen molar-refractivity contribution in [3.05, 3.63) is 71.8 Å². The molecule has 1 amide bonds. The number of aryl methyl sites for hydroxylation is 1. The first-order valence-electron chi connectivity index (χ1n) is 9.73. The van der Waals surface area contributed by atoms with Crippen LogP contribution in [-0.2, 0) is 4.79 Å². The zero-order chi connectivity index (χ0) is 21.3. The third kappa shape index (κ3) is 5.62. The number of pyridine rings is 1. The molecule has 0 fully saturated rings. The number of nitrogens with one attached hydrogen (secondary N) is 1. The Bertz CT molecular complexity index is 1060. The number of thioether (sulfide) groups is 1. The van der Waals surface area contributed by atoms with Crippen molar-refractivity contribution in [2.24, 2.45) is 0 Å². The van der Waals surface area contributed by atoms with Crippen molar-refractivity contribution in [1.29, 1.82) is 5.26 Å². The van der Waals surface area contributed by atoms with Gasteiger partial charge in [0.05, 0.1) is 23.6 Å². The molecule has 3 aromatic rings. The average molecular weight is 418 g/mol. The van der Waals surface area contributed by atoms with Crippen LogP contribution in [0.2, 0.25) is 0 Å². The average Bonchev–Trinajstić information content (AvgIpc) is 2.76. The quantitative estimate of drug-likeness (QED) is 0.493. The van der Waals surface area contributed by atoms with Crippen molar-refractivity contribution in [2.75, 3.05) is 17.7 Å². The number of amides is 1. The molecule has 1 N–H and O–H groups in total. The topological polar surface area (TPSA) is 75.0 Å². The summed E-state index contributed by atoms with van der Waals surface area (Å²) in [6, 6.07) is 21.3. The largest absolute Gasteiger partial charge is 0.492 e. The van der Waals surface area contributed by atoms with E-state index in [1.165, 1.54) is 17.3 Å². The summed E-state index contributed by atoms with van der Waals surface area (Å²) in [6.45, 7) is 4.47. The second-order valence-corrected chi connectivity index (χ2v) is 7.69. The van der Waals surface area contributed by atoms with Gasteiger partial charge < -0.3 is 10.1 Å². The number of aromatic nitrogens is 1. The van der Waals surface area contributed by atoms with Gasteiger partial charge in [-0.3, -0.25) is 4.79 Å². The van der Waals surface area contributed by atoms with E-state index in [1.54, 1.807) is 6.07 Å². The molecule has 152 valence electrons. The Hall–Kier alpha value is -3.30. The van der Waals surface area contributed by atoms with Gasteiger partial charge in [-0.05, 0) is 38.1 Å². The molecule has 0 bridgehead atoms.